The molecule has 1 aliphatic heterocycles. The van der Waals surface area contributed by atoms with Gasteiger partial charge in [-0.25, -0.2) is 4.79 Å². The average Bonchev–Trinajstić information content (AvgIpc) is 2.43. The largest absolute Gasteiger partial charge is 0.444 e. The summed E-state index contributed by atoms with van der Waals surface area (Å²) in [6.07, 6.45) is -1.08. The lowest BCUT2D eigenvalue weighted by Crippen LogP contribution is -2.35. The highest BCUT2D eigenvalue weighted by Crippen LogP contribution is 2.19. The summed E-state index contributed by atoms with van der Waals surface area (Å²) in [6.45, 7) is 5.86. The molecule has 88 valence electrons. The van der Waals surface area contributed by atoms with Crippen LogP contribution < -0.4 is 0 Å². The van der Waals surface area contributed by atoms with Gasteiger partial charge in [0.1, 0.15) is 5.60 Å². The number of rotatable bonds is 1. The summed E-state index contributed by atoms with van der Waals surface area (Å²) in [6, 6.07) is 0. The molecule has 0 aromatic carbocycles. The summed E-state index contributed by atoms with van der Waals surface area (Å²) in [4.78, 5) is 13.0. The third kappa shape index (κ3) is 3.35. The van der Waals surface area contributed by atoms with Gasteiger partial charge < -0.3 is 19.8 Å². The van der Waals surface area contributed by atoms with Gasteiger partial charge >= 0.3 is 6.09 Å². The molecule has 0 radical (unpaired) electrons. The third-order valence-electron chi connectivity index (χ3n) is 2.29. The second kappa shape index (κ2) is 4.37. The third-order valence-corrected chi connectivity index (χ3v) is 2.29. The standard InChI is InChI=1S/C10H19NO4/c1-10(2,3)15-9(14)11-4-7(6-12)8(13)5-11/h7-8,12-13H,4-6H2,1-3H3/t7-,8-/m0/s1. The van der Waals surface area contributed by atoms with Crippen LogP contribution in [-0.2, 0) is 4.74 Å². The number of aliphatic hydroxyl groups excluding tert-OH is 2. The van der Waals surface area contributed by atoms with Gasteiger partial charge in [-0.1, -0.05) is 0 Å². The van der Waals surface area contributed by atoms with E-state index >= 15 is 0 Å². The molecular formula is C10H19NO4. The molecule has 1 amide bonds. The predicted octanol–water partition coefficient (Wildman–Crippen LogP) is 0.207. The van der Waals surface area contributed by atoms with Gasteiger partial charge in [-0.2, -0.15) is 0 Å². The summed E-state index contributed by atoms with van der Waals surface area (Å²) in [5.74, 6) is -0.252. The van der Waals surface area contributed by atoms with E-state index in [-0.39, 0.29) is 19.1 Å². The molecule has 1 fully saturated rings. The number of β-amino-alcohol motifs (C(OH)–C–C–N with tert-alkyl or cyclic N) is 1. The van der Waals surface area contributed by atoms with Crippen LogP contribution in [0.25, 0.3) is 0 Å². The summed E-state index contributed by atoms with van der Waals surface area (Å²) < 4.78 is 5.16. The molecule has 0 bridgehead atoms. The van der Waals surface area contributed by atoms with Gasteiger partial charge in [0.15, 0.2) is 0 Å². The molecule has 1 heterocycles. The minimum Gasteiger partial charge on any atom is -0.444 e. The van der Waals surface area contributed by atoms with E-state index in [1.54, 1.807) is 20.8 Å². The van der Waals surface area contributed by atoms with E-state index in [2.05, 4.69) is 0 Å². The molecule has 2 N–H and O–H groups in total. The molecule has 1 saturated heterocycles. The maximum atomic E-state index is 11.6. The van der Waals surface area contributed by atoms with E-state index in [4.69, 9.17) is 9.84 Å². The van der Waals surface area contributed by atoms with Gasteiger partial charge in [-0.3, -0.25) is 0 Å². The van der Waals surface area contributed by atoms with E-state index < -0.39 is 17.8 Å². The molecule has 0 unspecified atom stereocenters. The molecule has 2 atom stereocenters. The van der Waals surface area contributed by atoms with Crippen LogP contribution in [-0.4, -0.2) is 52.6 Å². The zero-order valence-electron chi connectivity index (χ0n) is 9.43. The molecule has 15 heavy (non-hydrogen) atoms. The summed E-state index contributed by atoms with van der Waals surface area (Å²) in [7, 11) is 0. The van der Waals surface area contributed by atoms with Crippen LogP contribution in [0.3, 0.4) is 0 Å². The Morgan fingerprint density at radius 3 is 2.47 bits per heavy atom. The molecule has 0 aromatic heterocycles. The van der Waals surface area contributed by atoms with Crippen molar-refractivity contribution in [1.29, 1.82) is 0 Å². The quantitative estimate of drug-likeness (QED) is 0.658. The Morgan fingerprint density at radius 2 is 2.07 bits per heavy atom. The van der Waals surface area contributed by atoms with Gasteiger partial charge in [0.2, 0.25) is 0 Å². The number of hydrogen-bond acceptors (Lipinski definition) is 4. The van der Waals surface area contributed by atoms with Crippen molar-refractivity contribution in [2.45, 2.75) is 32.5 Å². The first-order valence-corrected chi connectivity index (χ1v) is 5.10. The molecule has 5 nitrogen and oxygen atoms in total. The maximum Gasteiger partial charge on any atom is 0.410 e. The first-order valence-electron chi connectivity index (χ1n) is 5.10. The SMILES string of the molecule is CC(C)(C)OC(=O)N1C[C@@H](CO)[C@@H](O)C1. The molecule has 0 aliphatic carbocycles. The lowest BCUT2D eigenvalue weighted by molar-refractivity contribution is 0.0269. The highest BCUT2D eigenvalue weighted by Gasteiger charge is 2.35. The monoisotopic (exact) mass is 217 g/mol. The fraction of sp³-hybridized carbons (Fsp3) is 0.900. The Balaban J connectivity index is 2.50. The number of ether oxygens (including phenoxy) is 1. The van der Waals surface area contributed by atoms with Gasteiger partial charge in [0.25, 0.3) is 0 Å². The van der Waals surface area contributed by atoms with Crippen molar-refractivity contribution in [3.8, 4) is 0 Å². The number of aliphatic hydroxyl groups is 2. The highest BCUT2D eigenvalue weighted by atomic mass is 16.6. The van der Waals surface area contributed by atoms with Gasteiger partial charge in [-0.05, 0) is 20.8 Å². The van der Waals surface area contributed by atoms with Crippen LogP contribution in [0.4, 0.5) is 4.79 Å². The fourth-order valence-electron chi connectivity index (χ4n) is 1.51. The number of hydrogen-bond donors (Lipinski definition) is 2. The zero-order chi connectivity index (χ0) is 11.6. The molecule has 0 aromatic rings. The molecule has 0 spiro atoms. The van der Waals surface area contributed by atoms with E-state index in [0.29, 0.717) is 6.54 Å². The molecule has 5 heteroatoms. The first-order chi connectivity index (χ1) is 6.83. The average molecular weight is 217 g/mol. The first kappa shape index (κ1) is 12.3. The number of nitrogens with zero attached hydrogens (tertiary/aromatic N) is 1. The highest BCUT2D eigenvalue weighted by molar-refractivity contribution is 5.68. The van der Waals surface area contributed by atoms with Crippen molar-refractivity contribution in [1.82, 2.24) is 4.90 Å². The minimum atomic E-state index is -0.650. The Bertz CT molecular complexity index is 236. The van der Waals surface area contributed by atoms with Crippen molar-refractivity contribution < 1.29 is 19.7 Å². The number of carbonyl (C=O) groups is 1. The Labute approximate surface area is 89.6 Å². The molecule has 1 rings (SSSR count). The van der Waals surface area contributed by atoms with Crippen molar-refractivity contribution in [3.05, 3.63) is 0 Å². The summed E-state index contributed by atoms with van der Waals surface area (Å²) >= 11 is 0. The smallest absolute Gasteiger partial charge is 0.410 e. The molecule has 0 saturated carbocycles. The van der Waals surface area contributed by atoms with Crippen molar-refractivity contribution >= 4 is 6.09 Å². The fourth-order valence-corrected chi connectivity index (χ4v) is 1.51. The topological polar surface area (TPSA) is 70.0 Å². The Hall–Kier alpha value is -0.810. The van der Waals surface area contributed by atoms with Crippen LogP contribution in [0.15, 0.2) is 0 Å². The van der Waals surface area contributed by atoms with E-state index in [0.717, 1.165) is 0 Å². The second-order valence-corrected chi connectivity index (χ2v) is 4.90. The lowest BCUT2D eigenvalue weighted by Gasteiger charge is -2.24. The maximum absolute atomic E-state index is 11.6. The van der Waals surface area contributed by atoms with Gasteiger partial charge in [0.05, 0.1) is 19.3 Å². The van der Waals surface area contributed by atoms with Crippen molar-refractivity contribution in [3.63, 3.8) is 0 Å². The summed E-state index contributed by atoms with van der Waals surface area (Å²) in [5.41, 5.74) is -0.528. The normalized spacial score (nSPS) is 26.9. The Kier molecular flexibility index (Phi) is 3.57. The predicted molar refractivity (Wildman–Crippen MR) is 54.4 cm³/mol. The second-order valence-electron chi connectivity index (χ2n) is 4.90. The number of carbonyl (C=O) groups excluding carboxylic acids is 1. The Morgan fingerprint density at radius 1 is 1.47 bits per heavy atom. The summed E-state index contributed by atoms with van der Waals surface area (Å²) in [5, 5.41) is 18.4. The van der Waals surface area contributed by atoms with Crippen molar-refractivity contribution in [2.75, 3.05) is 19.7 Å². The van der Waals surface area contributed by atoms with Crippen LogP contribution in [0.2, 0.25) is 0 Å². The molecular weight excluding hydrogens is 198 g/mol. The van der Waals surface area contributed by atoms with E-state index in [1.165, 1.54) is 4.90 Å². The van der Waals surface area contributed by atoms with E-state index in [1.807, 2.05) is 0 Å². The van der Waals surface area contributed by atoms with Crippen LogP contribution in [0.1, 0.15) is 20.8 Å². The van der Waals surface area contributed by atoms with Crippen LogP contribution in [0.5, 0.6) is 0 Å². The number of amides is 1. The van der Waals surface area contributed by atoms with Gasteiger partial charge in [0, 0.05) is 12.5 Å². The van der Waals surface area contributed by atoms with Crippen LogP contribution >= 0.6 is 0 Å². The van der Waals surface area contributed by atoms with Crippen LogP contribution in [0, 0.1) is 5.92 Å². The van der Waals surface area contributed by atoms with E-state index in [9.17, 15) is 9.90 Å². The number of likely N-dealkylation sites (tertiary alicyclic amines) is 1. The van der Waals surface area contributed by atoms with Crippen molar-refractivity contribution in [2.24, 2.45) is 5.92 Å². The minimum absolute atomic E-state index is 0.111. The van der Waals surface area contributed by atoms with Gasteiger partial charge in [-0.15, -0.1) is 0 Å². The lowest BCUT2D eigenvalue weighted by atomic mass is 10.1. The molecule has 1 aliphatic rings. The zero-order valence-corrected chi connectivity index (χ0v) is 9.43.